The van der Waals surface area contributed by atoms with Crippen LogP contribution in [0, 0.1) is 5.92 Å². The minimum Gasteiger partial charge on any atom is -0.393 e. The van der Waals surface area contributed by atoms with Crippen LogP contribution in [-0.2, 0) is 12.8 Å². The van der Waals surface area contributed by atoms with Gasteiger partial charge >= 0.3 is 0 Å². The van der Waals surface area contributed by atoms with Gasteiger partial charge in [-0.2, -0.15) is 0 Å². The largest absolute Gasteiger partial charge is 0.393 e. The SMILES string of the molecule is CC(O)C1CCN(C(=O)c2cc3c(s2)CCCC3)C1. The van der Waals surface area contributed by atoms with Gasteiger partial charge in [-0.05, 0) is 50.7 Å². The predicted octanol–water partition coefficient (Wildman–Crippen LogP) is 2.47. The fourth-order valence-electron chi connectivity index (χ4n) is 3.12. The number of nitrogens with zero attached hydrogens (tertiary/aromatic N) is 1. The van der Waals surface area contributed by atoms with E-state index in [2.05, 4.69) is 6.07 Å². The average Bonchev–Trinajstić information content (AvgIpc) is 3.04. The molecule has 1 amide bonds. The lowest BCUT2D eigenvalue weighted by Crippen LogP contribution is -2.29. The maximum absolute atomic E-state index is 12.5. The summed E-state index contributed by atoms with van der Waals surface area (Å²) < 4.78 is 0. The lowest BCUT2D eigenvalue weighted by molar-refractivity contribution is 0.0767. The van der Waals surface area contributed by atoms with Crippen LogP contribution in [0.3, 0.4) is 0 Å². The van der Waals surface area contributed by atoms with Crippen LogP contribution in [0.4, 0.5) is 0 Å². The number of hydrogen-bond acceptors (Lipinski definition) is 3. The van der Waals surface area contributed by atoms with Crippen LogP contribution < -0.4 is 0 Å². The molecule has 0 radical (unpaired) electrons. The molecule has 1 saturated heterocycles. The second-order valence-corrected chi connectivity index (χ2v) is 6.94. The van der Waals surface area contributed by atoms with Crippen molar-refractivity contribution in [3.8, 4) is 0 Å². The molecule has 0 bridgehead atoms. The number of aliphatic hydroxyl groups excluding tert-OH is 1. The zero-order valence-corrected chi connectivity index (χ0v) is 12.2. The molecule has 0 spiro atoms. The first-order chi connectivity index (χ1) is 9.15. The number of hydrogen-bond donors (Lipinski definition) is 1. The van der Waals surface area contributed by atoms with E-state index in [1.165, 1.54) is 23.3 Å². The summed E-state index contributed by atoms with van der Waals surface area (Å²) in [6.07, 6.45) is 5.41. The summed E-state index contributed by atoms with van der Waals surface area (Å²) in [6.45, 7) is 3.32. The Morgan fingerprint density at radius 2 is 2.26 bits per heavy atom. The molecular formula is C15H21NO2S. The summed E-state index contributed by atoms with van der Waals surface area (Å²) >= 11 is 1.69. The Hall–Kier alpha value is -0.870. The molecule has 1 aliphatic heterocycles. The van der Waals surface area contributed by atoms with Crippen LogP contribution in [0.5, 0.6) is 0 Å². The molecule has 2 atom stereocenters. The number of aryl methyl sites for hydroxylation is 2. The first-order valence-corrected chi connectivity index (χ1v) is 8.05. The number of rotatable bonds is 2. The molecule has 3 nitrogen and oxygen atoms in total. The molecule has 3 rings (SSSR count). The lowest BCUT2D eigenvalue weighted by Gasteiger charge is -2.16. The quantitative estimate of drug-likeness (QED) is 0.903. The molecule has 1 fully saturated rings. The fraction of sp³-hybridized carbons (Fsp3) is 0.667. The molecule has 0 saturated carbocycles. The molecule has 19 heavy (non-hydrogen) atoms. The number of carbonyl (C=O) groups excluding carboxylic acids is 1. The van der Waals surface area contributed by atoms with Crippen LogP contribution in [-0.4, -0.2) is 35.1 Å². The van der Waals surface area contributed by atoms with Crippen molar-refractivity contribution in [2.75, 3.05) is 13.1 Å². The Bertz CT molecular complexity index is 457. The van der Waals surface area contributed by atoms with E-state index in [0.717, 1.165) is 30.7 Å². The van der Waals surface area contributed by atoms with Gasteiger partial charge in [-0.25, -0.2) is 0 Å². The third-order valence-corrected chi connectivity index (χ3v) is 5.63. The van der Waals surface area contributed by atoms with E-state index in [4.69, 9.17) is 0 Å². The van der Waals surface area contributed by atoms with Crippen molar-refractivity contribution < 1.29 is 9.90 Å². The maximum atomic E-state index is 12.5. The Kier molecular flexibility index (Phi) is 3.63. The predicted molar refractivity (Wildman–Crippen MR) is 76.7 cm³/mol. The number of fused-ring (bicyclic) bond motifs is 1. The normalized spacial score (nSPS) is 24.3. The van der Waals surface area contributed by atoms with Gasteiger partial charge in [0, 0.05) is 23.9 Å². The highest BCUT2D eigenvalue weighted by Crippen LogP contribution is 2.31. The molecule has 2 unspecified atom stereocenters. The van der Waals surface area contributed by atoms with Gasteiger partial charge in [0.15, 0.2) is 0 Å². The van der Waals surface area contributed by atoms with Gasteiger partial charge in [-0.15, -0.1) is 11.3 Å². The van der Waals surface area contributed by atoms with Crippen LogP contribution in [0.15, 0.2) is 6.07 Å². The molecule has 1 aliphatic carbocycles. The standard InChI is InChI=1S/C15H21NO2S/c1-10(17)12-6-7-16(9-12)15(18)14-8-11-4-2-3-5-13(11)19-14/h8,10,12,17H,2-7,9H2,1H3. The second-order valence-electron chi connectivity index (χ2n) is 5.81. The van der Waals surface area contributed by atoms with Crippen molar-refractivity contribution >= 4 is 17.2 Å². The van der Waals surface area contributed by atoms with E-state index in [9.17, 15) is 9.90 Å². The zero-order chi connectivity index (χ0) is 13.4. The summed E-state index contributed by atoms with van der Waals surface area (Å²) in [5.41, 5.74) is 1.39. The molecule has 104 valence electrons. The maximum Gasteiger partial charge on any atom is 0.263 e. The van der Waals surface area contributed by atoms with E-state index >= 15 is 0 Å². The number of amides is 1. The van der Waals surface area contributed by atoms with E-state index in [0.29, 0.717) is 6.54 Å². The van der Waals surface area contributed by atoms with Crippen LogP contribution >= 0.6 is 11.3 Å². The fourth-order valence-corrected chi connectivity index (χ4v) is 4.34. The zero-order valence-electron chi connectivity index (χ0n) is 11.4. The topological polar surface area (TPSA) is 40.5 Å². The summed E-state index contributed by atoms with van der Waals surface area (Å²) in [5.74, 6) is 0.418. The Balaban J connectivity index is 1.72. The average molecular weight is 279 g/mol. The molecule has 0 aromatic carbocycles. The first-order valence-electron chi connectivity index (χ1n) is 7.24. The van der Waals surface area contributed by atoms with Crippen LogP contribution in [0.25, 0.3) is 0 Å². The highest BCUT2D eigenvalue weighted by Gasteiger charge is 2.30. The van der Waals surface area contributed by atoms with Gasteiger partial charge in [0.1, 0.15) is 0 Å². The number of likely N-dealkylation sites (tertiary alicyclic amines) is 1. The van der Waals surface area contributed by atoms with Gasteiger partial charge in [0.05, 0.1) is 11.0 Å². The first kappa shape index (κ1) is 13.1. The molecule has 1 N–H and O–H groups in total. The van der Waals surface area contributed by atoms with E-state index in [-0.39, 0.29) is 17.9 Å². The van der Waals surface area contributed by atoms with Gasteiger partial charge in [0.25, 0.3) is 5.91 Å². The molecule has 4 heteroatoms. The highest BCUT2D eigenvalue weighted by atomic mass is 32.1. The Morgan fingerprint density at radius 1 is 1.47 bits per heavy atom. The molecule has 1 aromatic rings. The number of carbonyl (C=O) groups is 1. The van der Waals surface area contributed by atoms with Crippen molar-refractivity contribution in [2.24, 2.45) is 5.92 Å². The van der Waals surface area contributed by atoms with Crippen molar-refractivity contribution in [1.29, 1.82) is 0 Å². The van der Waals surface area contributed by atoms with Gasteiger partial charge < -0.3 is 10.0 Å². The van der Waals surface area contributed by atoms with E-state index < -0.39 is 0 Å². The van der Waals surface area contributed by atoms with Crippen LogP contribution in [0.2, 0.25) is 0 Å². The Labute approximate surface area is 118 Å². The minimum absolute atomic E-state index is 0.169. The third kappa shape index (κ3) is 2.56. The number of thiophene rings is 1. The summed E-state index contributed by atoms with van der Waals surface area (Å²) in [5, 5.41) is 9.62. The van der Waals surface area contributed by atoms with Crippen LogP contribution in [0.1, 0.15) is 46.3 Å². The second kappa shape index (κ2) is 5.25. The molecule has 1 aromatic heterocycles. The minimum atomic E-state index is -0.311. The monoisotopic (exact) mass is 279 g/mol. The van der Waals surface area contributed by atoms with Crippen molar-refractivity contribution in [2.45, 2.75) is 45.1 Å². The van der Waals surface area contributed by atoms with E-state index in [1.807, 2.05) is 11.8 Å². The van der Waals surface area contributed by atoms with Crippen molar-refractivity contribution in [3.05, 3.63) is 21.4 Å². The van der Waals surface area contributed by atoms with E-state index in [1.54, 1.807) is 11.3 Å². The van der Waals surface area contributed by atoms with Gasteiger partial charge in [-0.3, -0.25) is 4.79 Å². The van der Waals surface area contributed by atoms with Gasteiger partial charge in [-0.1, -0.05) is 0 Å². The smallest absolute Gasteiger partial charge is 0.263 e. The summed E-state index contributed by atoms with van der Waals surface area (Å²) in [6, 6.07) is 2.11. The van der Waals surface area contributed by atoms with Gasteiger partial charge in [0.2, 0.25) is 0 Å². The van der Waals surface area contributed by atoms with Crippen molar-refractivity contribution in [1.82, 2.24) is 4.90 Å². The summed E-state index contributed by atoms with van der Waals surface area (Å²) in [4.78, 5) is 16.7. The Morgan fingerprint density at radius 3 is 2.95 bits per heavy atom. The third-order valence-electron chi connectivity index (χ3n) is 4.40. The lowest BCUT2D eigenvalue weighted by atomic mass is 9.99. The number of aliphatic hydroxyl groups is 1. The molecular weight excluding hydrogens is 258 g/mol. The molecule has 2 aliphatic rings. The highest BCUT2D eigenvalue weighted by molar-refractivity contribution is 7.14. The summed E-state index contributed by atoms with van der Waals surface area (Å²) in [7, 11) is 0. The van der Waals surface area contributed by atoms with Crippen molar-refractivity contribution in [3.63, 3.8) is 0 Å². The molecule has 2 heterocycles.